The fourth-order valence-corrected chi connectivity index (χ4v) is 5.64. The van der Waals surface area contributed by atoms with Crippen LogP contribution in [0.3, 0.4) is 0 Å². The standard InChI is InChI=1S/C24H30N8O2/c1-30-8-10-31(11-9-30)19-7-6-17(15-25-19)27-23-26-14-16-12-24(29-21(16)28-23)13-20(33)32(22(24)34)18-4-2-3-5-18/h6-7,14-15,18H,2-5,8-13H2,1H3,(H2,26,27,28,29). The van der Waals surface area contributed by atoms with E-state index in [0.717, 1.165) is 68.9 Å². The number of pyridine rings is 1. The number of hydrogen-bond donors (Lipinski definition) is 2. The minimum atomic E-state index is -0.916. The molecule has 10 heteroatoms. The van der Waals surface area contributed by atoms with Gasteiger partial charge >= 0.3 is 0 Å². The molecule has 2 aromatic heterocycles. The summed E-state index contributed by atoms with van der Waals surface area (Å²) in [5, 5.41) is 6.51. The van der Waals surface area contributed by atoms with Crippen molar-refractivity contribution in [3.63, 3.8) is 0 Å². The molecular weight excluding hydrogens is 432 g/mol. The molecule has 2 saturated heterocycles. The predicted octanol–water partition coefficient (Wildman–Crippen LogP) is 1.78. The monoisotopic (exact) mass is 462 g/mol. The van der Waals surface area contributed by atoms with E-state index in [9.17, 15) is 9.59 Å². The molecule has 0 aromatic carbocycles. The zero-order valence-corrected chi connectivity index (χ0v) is 19.5. The van der Waals surface area contributed by atoms with Crippen LogP contribution < -0.4 is 15.5 Å². The molecule has 5 heterocycles. The number of anilines is 4. The van der Waals surface area contributed by atoms with Crippen LogP contribution in [0.2, 0.25) is 0 Å². The van der Waals surface area contributed by atoms with Gasteiger partial charge in [0.25, 0.3) is 5.91 Å². The molecule has 10 nitrogen and oxygen atoms in total. The van der Waals surface area contributed by atoms with Crippen LogP contribution in [0, 0.1) is 0 Å². The van der Waals surface area contributed by atoms with E-state index in [4.69, 9.17) is 0 Å². The number of likely N-dealkylation sites (tertiary alicyclic amines) is 1. The Bertz CT molecular complexity index is 1110. The van der Waals surface area contributed by atoms with Crippen molar-refractivity contribution >= 4 is 35.1 Å². The first-order valence-electron chi connectivity index (χ1n) is 12.2. The molecule has 1 spiro atoms. The smallest absolute Gasteiger partial charge is 0.256 e. The number of piperazine rings is 1. The van der Waals surface area contributed by atoms with Gasteiger partial charge in [0.15, 0.2) is 0 Å². The first-order chi connectivity index (χ1) is 16.5. The van der Waals surface area contributed by atoms with Gasteiger partial charge in [-0.3, -0.25) is 14.5 Å². The Morgan fingerprint density at radius 1 is 1.03 bits per heavy atom. The van der Waals surface area contributed by atoms with E-state index in [-0.39, 0.29) is 24.3 Å². The second kappa shape index (κ2) is 8.19. The van der Waals surface area contributed by atoms with E-state index in [1.165, 1.54) is 4.90 Å². The Morgan fingerprint density at radius 3 is 2.56 bits per heavy atom. The van der Waals surface area contributed by atoms with Gasteiger partial charge in [0.1, 0.15) is 17.2 Å². The third-order valence-corrected chi connectivity index (χ3v) is 7.59. The first-order valence-corrected chi connectivity index (χ1v) is 12.2. The number of carbonyl (C=O) groups is 2. The topological polar surface area (TPSA) is 107 Å². The van der Waals surface area contributed by atoms with Crippen LogP contribution in [-0.2, 0) is 16.0 Å². The molecule has 34 heavy (non-hydrogen) atoms. The molecule has 2 aromatic rings. The lowest BCUT2D eigenvalue weighted by molar-refractivity contribution is -0.142. The fraction of sp³-hybridized carbons (Fsp3) is 0.542. The van der Waals surface area contributed by atoms with Crippen LogP contribution in [-0.4, -0.2) is 81.4 Å². The maximum atomic E-state index is 13.3. The fourth-order valence-electron chi connectivity index (χ4n) is 5.64. The first kappa shape index (κ1) is 21.3. The van der Waals surface area contributed by atoms with Gasteiger partial charge in [-0.25, -0.2) is 9.97 Å². The van der Waals surface area contributed by atoms with Crippen LogP contribution >= 0.6 is 0 Å². The maximum absolute atomic E-state index is 13.3. The number of hydrogen-bond acceptors (Lipinski definition) is 9. The number of fused-ring (bicyclic) bond motifs is 1. The van der Waals surface area contributed by atoms with Crippen molar-refractivity contribution in [3.8, 4) is 0 Å². The summed E-state index contributed by atoms with van der Waals surface area (Å²) in [7, 11) is 2.14. The van der Waals surface area contributed by atoms with Crippen molar-refractivity contribution in [1.82, 2.24) is 24.8 Å². The number of aromatic nitrogens is 3. The van der Waals surface area contributed by atoms with Crippen LogP contribution in [0.15, 0.2) is 24.5 Å². The van der Waals surface area contributed by atoms with Crippen molar-refractivity contribution in [2.75, 3.05) is 48.8 Å². The second-order valence-corrected chi connectivity index (χ2v) is 9.96. The van der Waals surface area contributed by atoms with Crippen molar-refractivity contribution in [2.24, 2.45) is 0 Å². The van der Waals surface area contributed by atoms with Crippen LogP contribution in [0.25, 0.3) is 0 Å². The minimum absolute atomic E-state index is 0.0505. The van der Waals surface area contributed by atoms with Gasteiger partial charge in [-0.1, -0.05) is 12.8 Å². The lowest BCUT2D eigenvalue weighted by Crippen LogP contribution is -2.48. The minimum Gasteiger partial charge on any atom is -0.355 e. The van der Waals surface area contributed by atoms with Gasteiger partial charge in [-0.2, -0.15) is 4.98 Å². The summed E-state index contributed by atoms with van der Waals surface area (Å²) in [6.45, 7) is 4.01. The highest BCUT2D eigenvalue weighted by Gasteiger charge is 2.56. The zero-order chi connectivity index (χ0) is 23.3. The van der Waals surface area contributed by atoms with Crippen molar-refractivity contribution in [2.45, 2.75) is 50.1 Å². The Labute approximate surface area is 198 Å². The molecule has 1 aliphatic carbocycles. The number of carbonyl (C=O) groups excluding carboxylic acids is 2. The quantitative estimate of drug-likeness (QED) is 0.658. The summed E-state index contributed by atoms with van der Waals surface area (Å²) >= 11 is 0. The third kappa shape index (κ3) is 3.66. The SMILES string of the molecule is CN1CCN(c2ccc(Nc3ncc4c(n3)NC3(CC(=O)N(C5CCCC5)C3=O)C4)cn2)CC1. The highest BCUT2D eigenvalue weighted by Crippen LogP contribution is 2.41. The summed E-state index contributed by atoms with van der Waals surface area (Å²) in [4.78, 5) is 45.9. The molecule has 3 fully saturated rings. The molecule has 1 saturated carbocycles. The molecule has 1 unspecified atom stereocenters. The Kier molecular flexibility index (Phi) is 5.13. The average molecular weight is 463 g/mol. The van der Waals surface area contributed by atoms with E-state index in [1.807, 2.05) is 12.1 Å². The van der Waals surface area contributed by atoms with Gasteiger partial charge in [-0.05, 0) is 32.0 Å². The molecule has 0 bridgehead atoms. The molecule has 3 aliphatic heterocycles. The molecule has 178 valence electrons. The number of nitrogens with one attached hydrogen (secondary N) is 2. The van der Waals surface area contributed by atoms with Gasteiger partial charge in [0.05, 0.1) is 18.3 Å². The summed E-state index contributed by atoms with van der Waals surface area (Å²) < 4.78 is 0. The van der Waals surface area contributed by atoms with Crippen molar-refractivity contribution in [3.05, 3.63) is 30.1 Å². The highest BCUT2D eigenvalue weighted by atomic mass is 16.2. The summed E-state index contributed by atoms with van der Waals surface area (Å²) in [6, 6.07) is 4.04. The zero-order valence-electron chi connectivity index (χ0n) is 19.5. The lowest BCUT2D eigenvalue weighted by Gasteiger charge is -2.33. The lowest BCUT2D eigenvalue weighted by atomic mass is 9.94. The van der Waals surface area contributed by atoms with E-state index in [1.54, 1.807) is 12.4 Å². The maximum Gasteiger partial charge on any atom is 0.256 e. The molecule has 2 N–H and O–H groups in total. The van der Waals surface area contributed by atoms with E-state index in [2.05, 4.69) is 42.4 Å². The summed E-state index contributed by atoms with van der Waals surface area (Å²) in [6.07, 6.45) is 8.14. The van der Waals surface area contributed by atoms with Crippen molar-refractivity contribution in [1.29, 1.82) is 0 Å². The Hall–Kier alpha value is -3.27. The van der Waals surface area contributed by atoms with Gasteiger partial charge in [0, 0.05) is 50.4 Å². The number of likely N-dealkylation sites (N-methyl/N-ethyl adjacent to an activating group) is 1. The van der Waals surface area contributed by atoms with Gasteiger partial charge in [-0.15, -0.1) is 0 Å². The van der Waals surface area contributed by atoms with Crippen LogP contribution in [0.1, 0.15) is 37.7 Å². The number of rotatable bonds is 4. The molecule has 0 radical (unpaired) electrons. The second-order valence-electron chi connectivity index (χ2n) is 9.96. The predicted molar refractivity (Wildman–Crippen MR) is 128 cm³/mol. The number of nitrogens with zero attached hydrogens (tertiary/aromatic N) is 6. The molecule has 4 aliphatic rings. The van der Waals surface area contributed by atoms with Crippen LogP contribution in [0.5, 0.6) is 0 Å². The number of imide groups is 1. The largest absolute Gasteiger partial charge is 0.355 e. The highest BCUT2D eigenvalue weighted by molar-refractivity contribution is 6.11. The Balaban J connectivity index is 1.14. The normalized spacial score (nSPS) is 25.3. The third-order valence-electron chi connectivity index (χ3n) is 7.59. The Morgan fingerprint density at radius 2 is 1.82 bits per heavy atom. The average Bonchev–Trinajstić information content (AvgIpc) is 3.53. The molecule has 1 atom stereocenters. The number of amides is 2. The summed E-state index contributed by atoms with van der Waals surface area (Å²) in [5.74, 6) is 1.83. The van der Waals surface area contributed by atoms with E-state index in [0.29, 0.717) is 18.2 Å². The molecular formula is C24H30N8O2. The molecule has 2 amide bonds. The van der Waals surface area contributed by atoms with E-state index < -0.39 is 5.54 Å². The van der Waals surface area contributed by atoms with E-state index >= 15 is 0 Å². The molecule has 6 rings (SSSR count). The summed E-state index contributed by atoms with van der Waals surface area (Å²) in [5.41, 5.74) is 0.745. The van der Waals surface area contributed by atoms with Gasteiger partial charge < -0.3 is 20.4 Å². The van der Waals surface area contributed by atoms with Crippen LogP contribution in [0.4, 0.5) is 23.3 Å². The van der Waals surface area contributed by atoms with Crippen molar-refractivity contribution < 1.29 is 9.59 Å². The van der Waals surface area contributed by atoms with Gasteiger partial charge in [0.2, 0.25) is 11.9 Å².